The number of carbonyl (C=O) groups is 2. The summed E-state index contributed by atoms with van der Waals surface area (Å²) in [6.45, 7) is 6.38. The number of nitrogens with zero attached hydrogens (tertiary/aromatic N) is 1. The lowest BCUT2D eigenvalue weighted by molar-refractivity contribution is -0.169. The van der Waals surface area contributed by atoms with Gasteiger partial charge < -0.3 is 19.5 Å². The summed E-state index contributed by atoms with van der Waals surface area (Å²) in [4.78, 5) is 27.8. The van der Waals surface area contributed by atoms with Crippen molar-refractivity contribution in [2.24, 2.45) is 0 Å². The highest BCUT2D eigenvalue weighted by molar-refractivity contribution is 7.12. The largest absolute Gasteiger partial charge is 0.460 e. The van der Waals surface area contributed by atoms with Crippen molar-refractivity contribution in [3.05, 3.63) is 44.8 Å². The highest BCUT2D eigenvalue weighted by Gasteiger charge is 2.45. The Balaban J connectivity index is 1.64. The first-order chi connectivity index (χ1) is 13.2. The van der Waals surface area contributed by atoms with Gasteiger partial charge in [0.1, 0.15) is 11.7 Å². The fourth-order valence-electron chi connectivity index (χ4n) is 3.01. The molecule has 1 N–H and O–H groups in total. The standard InChI is InChI=1S/C20H25NO5S2/c1-19(2,3)26-18(23)21-10-8-14(9-11-21)25-17(22)20(24,15-6-4-12-27-15)16-7-5-13-28-16/h4-7,12-14,24H,8-11H2,1-3H3. The van der Waals surface area contributed by atoms with Crippen molar-refractivity contribution in [3.63, 3.8) is 0 Å². The van der Waals surface area contributed by atoms with E-state index < -0.39 is 17.2 Å². The van der Waals surface area contributed by atoms with Gasteiger partial charge in [-0.1, -0.05) is 12.1 Å². The second-order valence-electron chi connectivity index (χ2n) is 7.74. The smallest absolute Gasteiger partial charge is 0.410 e. The minimum absolute atomic E-state index is 0.349. The van der Waals surface area contributed by atoms with Crippen LogP contribution < -0.4 is 0 Å². The van der Waals surface area contributed by atoms with Gasteiger partial charge in [0.05, 0.1) is 9.75 Å². The van der Waals surface area contributed by atoms with E-state index in [4.69, 9.17) is 9.47 Å². The van der Waals surface area contributed by atoms with Crippen molar-refractivity contribution in [1.82, 2.24) is 4.90 Å². The number of amides is 1. The molecule has 3 rings (SSSR count). The molecule has 1 aliphatic rings. The predicted octanol–water partition coefficient (Wildman–Crippen LogP) is 3.99. The first-order valence-corrected chi connectivity index (χ1v) is 11.0. The van der Waals surface area contributed by atoms with Gasteiger partial charge in [-0.3, -0.25) is 0 Å². The summed E-state index contributed by atoms with van der Waals surface area (Å²) >= 11 is 2.63. The summed E-state index contributed by atoms with van der Waals surface area (Å²) in [7, 11) is 0. The third-order valence-electron chi connectivity index (χ3n) is 4.42. The lowest BCUT2D eigenvalue weighted by atomic mass is 9.99. The zero-order valence-corrected chi connectivity index (χ0v) is 17.8. The van der Waals surface area contributed by atoms with Gasteiger partial charge in [-0.15, -0.1) is 22.7 Å². The minimum atomic E-state index is -1.80. The van der Waals surface area contributed by atoms with E-state index >= 15 is 0 Å². The SMILES string of the molecule is CC(C)(C)OC(=O)N1CCC(OC(=O)C(O)(c2cccs2)c2cccs2)CC1. The molecule has 0 radical (unpaired) electrons. The number of piperidine rings is 1. The fraction of sp³-hybridized carbons (Fsp3) is 0.500. The van der Waals surface area contributed by atoms with Crippen LogP contribution in [0.25, 0.3) is 0 Å². The molecular formula is C20H25NO5S2. The molecule has 3 heterocycles. The zero-order chi connectivity index (χ0) is 20.4. The van der Waals surface area contributed by atoms with Crippen LogP contribution in [0, 0.1) is 0 Å². The Morgan fingerprint density at radius 3 is 2.04 bits per heavy atom. The Morgan fingerprint density at radius 1 is 1.07 bits per heavy atom. The minimum Gasteiger partial charge on any atom is -0.460 e. The Bertz CT molecular complexity index is 753. The molecule has 2 aromatic rings. The molecule has 28 heavy (non-hydrogen) atoms. The maximum absolute atomic E-state index is 13.0. The number of carbonyl (C=O) groups excluding carboxylic acids is 2. The van der Waals surface area contributed by atoms with Crippen LogP contribution in [-0.4, -0.2) is 46.9 Å². The van der Waals surface area contributed by atoms with Gasteiger partial charge in [0, 0.05) is 25.9 Å². The topological polar surface area (TPSA) is 76.1 Å². The molecule has 2 aromatic heterocycles. The Morgan fingerprint density at radius 2 is 1.61 bits per heavy atom. The second kappa shape index (κ2) is 8.23. The molecule has 6 nitrogen and oxygen atoms in total. The molecule has 0 atom stereocenters. The van der Waals surface area contributed by atoms with Gasteiger partial charge in [0.15, 0.2) is 0 Å². The number of hydrogen-bond donors (Lipinski definition) is 1. The lowest BCUT2D eigenvalue weighted by Crippen LogP contribution is -2.45. The molecule has 1 fully saturated rings. The van der Waals surface area contributed by atoms with Crippen molar-refractivity contribution in [1.29, 1.82) is 0 Å². The Kier molecular flexibility index (Phi) is 6.12. The van der Waals surface area contributed by atoms with Gasteiger partial charge in [0.25, 0.3) is 0 Å². The van der Waals surface area contributed by atoms with Gasteiger partial charge in [-0.05, 0) is 43.7 Å². The number of aliphatic hydroxyl groups is 1. The Hall–Kier alpha value is -1.90. The van der Waals surface area contributed by atoms with Crippen molar-refractivity contribution in [2.45, 2.75) is 50.9 Å². The van der Waals surface area contributed by atoms with Crippen LogP contribution >= 0.6 is 22.7 Å². The molecular weight excluding hydrogens is 398 g/mol. The van der Waals surface area contributed by atoms with Crippen LogP contribution in [-0.2, 0) is 19.9 Å². The summed E-state index contributed by atoms with van der Waals surface area (Å²) in [6.07, 6.45) is 0.315. The summed E-state index contributed by atoms with van der Waals surface area (Å²) in [5, 5.41) is 14.9. The fourth-order valence-corrected chi connectivity index (χ4v) is 4.72. The van der Waals surface area contributed by atoms with Gasteiger partial charge >= 0.3 is 12.1 Å². The third kappa shape index (κ3) is 4.56. The summed E-state index contributed by atoms with van der Waals surface area (Å²) < 4.78 is 11.1. The lowest BCUT2D eigenvalue weighted by Gasteiger charge is -2.34. The van der Waals surface area contributed by atoms with Gasteiger partial charge in [0.2, 0.25) is 5.60 Å². The van der Waals surface area contributed by atoms with E-state index in [-0.39, 0.29) is 12.2 Å². The molecule has 0 aliphatic carbocycles. The highest BCUT2D eigenvalue weighted by atomic mass is 32.1. The van der Waals surface area contributed by atoms with E-state index in [0.717, 1.165) is 0 Å². The van der Waals surface area contributed by atoms with Crippen LogP contribution in [0.3, 0.4) is 0 Å². The quantitative estimate of drug-likeness (QED) is 0.753. The van der Waals surface area contributed by atoms with E-state index in [1.54, 1.807) is 29.2 Å². The van der Waals surface area contributed by atoms with Crippen LogP contribution in [0.1, 0.15) is 43.4 Å². The van der Waals surface area contributed by atoms with E-state index in [0.29, 0.717) is 35.7 Å². The molecule has 8 heteroatoms. The van der Waals surface area contributed by atoms with Gasteiger partial charge in [-0.2, -0.15) is 0 Å². The monoisotopic (exact) mass is 423 g/mol. The number of likely N-dealkylation sites (tertiary alicyclic amines) is 1. The number of rotatable bonds is 4. The van der Waals surface area contributed by atoms with E-state index in [1.165, 1.54) is 22.7 Å². The third-order valence-corrected chi connectivity index (χ3v) is 6.38. The van der Waals surface area contributed by atoms with Crippen LogP contribution in [0.4, 0.5) is 4.79 Å². The maximum Gasteiger partial charge on any atom is 0.410 e. The first-order valence-electron chi connectivity index (χ1n) is 9.19. The number of hydrogen-bond acceptors (Lipinski definition) is 7. The highest BCUT2D eigenvalue weighted by Crippen LogP contribution is 2.37. The molecule has 1 amide bonds. The second-order valence-corrected chi connectivity index (χ2v) is 9.63. The van der Waals surface area contributed by atoms with Crippen LogP contribution in [0.15, 0.2) is 35.0 Å². The van der Waals surface area contributed by atoms with Crippen molar-refractivity contribution < 1.29 is 24.2 Å². The first kappa shape index (κ1) is 20.8. The van der Waals surface area contributed by atoms with Crippen LogP contribution in [0.5, 0.6) is 0 Å². The predicted molar refractivity (Wildman–Crippen MR) is 109 cm³/mol. The summed E-state index contributed by atoms with van der Waals surface area (Å²) in [5.41, 5.74) is -2.34. The molecule has 0 unspecified atom stereocenters. The normalized spacial score (nSPS) is 16.1. The average molecular weight is 424 g/mol. The van der Waals surface area contributed by atoms with Crippen LogP contribution in [0.2, 0.25) is 0 Å². The summed E-state index contributed by atoms with van der Waals surface area (Å²) in [6, 6.07) is 7.06. The van der Waals surface area contributed by atoms with E-state index in [2.05, 4.69) is 0 Å². The van der Waals surface area contributed by atoms with Crippen molar-refractivity contribution in [2.75, 3.05) is 13.1 Å². The number of ether oxygens (including phenoxy) is 2. The number of esters is 1. The molecule has 152 valence electrons. The molecule has 0 spiro atoms. The maximum atomic E-state index is 13.0. The average Bonchev–Trinajstić information content (AvgIpc) is 3.34. The van der Waals surface area contributed by atoms with Crippen molar-refractivity contribution in [3.8, 4) is 0 Å². The van der Waals surface area contributed by atoms with E-state index in [1.807, 2.05) is 31.5 Å². The van der Waals surface area contributed by atoms with Gasteiger partial charge in [-0.25, -0.2) is 9.59 Å². The summed E-state index contributed by atoms with van der Waals surface area (Å²) in [5.74, 6) is -0.673. The Labute approximate surface area is 172 Å². The van der Waals surface area contributed by atoms with Crippen molar-refractivity contribution >= 4 is 34.7 Å². The molecule has 0 bridgehead atoms. The molecule has 0 aromatic carbocycles. The zero-order valence-electron chi connectivity index (χ0n) is 16.2. The number of thiophene rings is 2. The van der Waals surface area contributed by atoms with E-state index in [9.17, 15) is 14.7 Å². The molecule has 1 saturated heterocycles. The molecule has 1 aliphatic heterocycles. The molecule has 0 saturated carbocycles.